The maximum Gasteiger partial charge on any atom is 0.374 e. The second-order valence-electron chi connectivity index (χ2n) is 5.98. The Hall–Kier alpha value is -2.79. The normalized spacial score (nSPS) is 11.9. The van der Waals surface area contributed by atoms with Crippen molar-refractivity contribution in [3.8, 4) is 0 Å². The average Bonchev–Trinajstić information content (AvgIpc) is 3.08. The number of benzene rings is 2. The van der Waals surface area contributed by atoms with Gasteiger partial charge in [0.2, 0.25) is 5.76 Å². The third kappa shape index (κ3) is 4.43. The van der Waals surface area contributed by atoms with Crippen molar-refractivity contribution in [3.63, 3.8) is 0 Å². The van der Waals surface area contributed by atoms with E-state index in [0.29, 0.717) is 22.5 Å². The number of fused-ring (bicyclic) bond motifs is 1. The highest BCUT2D eigenvalue weighted by Crippen LogP contribution is 2.23. The Kier molecular flexibility index (Phi) is 5.58. The van der Waals surface area contributed by atoms with Gasteiger partial charge in [0.25, 0.3) is 5.91 Å². The number of esters is 1. The monoisotopic (exact) mass is 371 g/mol. The van der Waals surface area contributed by atoms with Crippen LogP contribution in [0.2, 0.25) is 5.02 Å². The van der Waals surface area contributed by atoms with E-state index in [9.17, 15) is 9.59 Å². The molecule has 0 bridgehead atoms. The molecule has 1 N–H and O–H groups in total. The van der Waals surface area contributed by atoms with Crippen molar-refractivity contribution >= 4 is 34.4 Å². The first-order chi connectivity index (χ1) is 12.5. The molecule has 0 saturated heterocycles. The quantitative estimate of drug-likeness (QED) is 0.660. The highest BCUT2D eigenvalue weighted by molar-refractivity contribution is 6.31. The number of nitrogens with one attached hydrogen (secondary N) is 1. The van der Waals surface area contributed by atoms with E-state index in [1.807, 2.05) is 37.3 Å². The first-order valence-electron chi connectivity index (χ1n) is 8.21. The first-order valence-corrected chi connectivity index (χ1v) is 8.58. The van der Waals surface area contributed by atoms with E-state index in [4.69, 9.17) is 20.8 Å². The predicted octanol–water partition coefficient (Wildman–Crippen LogP) is 4.16. The highest BCUT2D eigenvalue weighted by atomic mass is 35.5. The molecule has 6 heteroatoms. The van der Waals surface area contributed by atoms with Crippen LogP contribution in [0.4, 0.5) is 0 Å². The van der Waals surface area contributed by atoms with Crippen molar-refractivity contribution in [3.05, 3.63) is 70.9 Å². The minimum atomic E-state index is -0.691. The van der Waals surface area contributed by atoms with Crippen molar-refractivity contribution in [1.82, 2.24) is 5.32 Å². The third-order valence-corrected chi connectivity index (χ3v) is 4.22. The summed E-state index contributed by atoms with van der Waals surface area (Å²) in [5.41, 5.74) is 1.66. The summed E-state index contributed by atoms with van der Waals surface area (Å²) < 4.78 is 10.4. The summed E-state index contributed by atoms with van der Waals surface area (Å²) in [7, 11) is 0. The molecule has 5 nitrogen and oxygen atoms in total. The molecule has 0 aliphatic rings. The number of furan rings is 1. The molecule has 0 fully saturated rings. The molecular weight excluding hydrogens is 354 g/mol. The van der Waals surface area contributed by atoms with Gasteiger partial charge in [0, 0.05) is 17.0 Å². The minimum Gasteiger partial charge on any atom is -0.450 e. The van der Waals surface area contributed by atoms with Gasteiger partial charge < -0.3 is 14.5 Å². The first kappa shape index (κ1) is 18.0. The molecular formula is C20H18ClNO4. The average molecular weight is 372 g/mol. The Balaban J connectivity index is 1.49. The fraction of sp³-hybridized carbons (Fsp3) is 0.200. The fourth-order valence-electron chi connectivity index (χ4n) is 2.53. The number of hydrogen-bond donors (Lipinski definition) is 1. The molecule has 0 unspecified atom stereocenters. The topological polar surface area (TPSA) is 68.5 Å². The SMILES string of the molecule is C[C@@H](CNC(=O)COC(=O)c1cc2cc(Cl)ccc2o1)c1ccccc1. The summed E-state index contributed by atoms with van der Waals surface area (Å²) in [4.78, 5) is 23.9. The van der Waals surface area contributed by atoms with Crippen molar-refractivity contribution in [2.45, 2.75) is 12.8 Å². The van der Waals surface area contributed by atoms with Gasteiger partial charge in [-0.1, -0.05) is 48.9 Å². The number of rotatable bonds is 6. The van der Waals surface area contributed by atoms with E-state index in [-0.39, 0.29) is 24.2 Å². The molecule has 1 aromatic heterocycles. The van der Waals surface area contributed by atoms with Gasteiger partial charge in [0.15, 0.2) is 6.61 Å². The van der Waals surface area contributed by atoms with E-state index in [0.717, 1.165) is 5.56 Å². The van der Waals surface area contributed by atoms with Gasteiger partial charge in [-0.15, -0.1) is 0 Å². The molecule has 1 atom stereocenters. The number of amides is 1. The lowest BCUT2D eigenvalue weighted by Crippen LogP contribution is -2.31. The van der Waals surface area contributed by atoms with E-state index in [1.165, 1.54) is 0 Å². The number of carbonyl (C=O) groups is 2. The van der Waals surface area contributed by atoms with Gasteiger partial charge in [0.05, 0.1) is 0 Å². The second kappa shape index (κ2) is 8.06. The van der Waals surface area contributed by atoms with Crippen LogP contribution in [0, 0.1) is 0 Å². The van der Waals surface area contributed by atoms with Gasteiger partial charge >= 0.3 is 5.97 Å². The Labute approximate surface area is 155 Å². The van der Waals surface area contributed by atoms with Crippen LogP contribution in [-0.2, 0) is 9.53 Å². The summed E-state index contributed by atoms with van der Waals surface area (Å²) in [5.74, 6) is -0.854. The second-order valence-corrected chi connectivity index (χ2v) is 6.42. The van der Waals surface area contributed by atoms with Crippen molar-refractivity contribution < 1.29 is 18.7 Å². The van der Waals surface area contributed by atoms with Gasteiger partial charge in [-0.2, -0.15) is 0 Å². The van der Waals surface area contributed by atoms with Crippen molar-refractivity contribution in [1.29, 1.82) is 0 Å². The lowest BCUT2D eigenvalue weighted by molar-refractivity contribution is -0.124. The molecule has 2 aromatic carbocycles. The molecule has 1 amide bonds. The zero-order valence-corrected chi connectivity index (χ0v) is 15.0. The Morgan fingerprint density at radius 3 is 2.69 bits per heavy atom. The van der Waals surface area contributed by atoms with Gasteiger partial charge in [-0.05, 0) is 35.7 Å². The molecule has 0 saturated carbocycles. The zero-order chi connectivity index (χ0) is 18.5. The van der Waals surface area contributed by atoms with Crippen LogP contribution in [0.25, 0.3) is 11.0 Å². The van der Waals surface area contributed by atoms with E-state index in [1.54, 1.807) is 24.3 Å². The van der Waals surface area contributed by atoms with Crippen molar-refractivity contribution in [2.75, 3.05) is 13.2 Å². The smallest absolute Gasteiger partial charge is 0.374 e. The molecule has 1 heterocycles. The largest absolute Gasteiger partial charge is 0.450 e. The summed E-state index contributed by atoms with van der Waals surface area (Å²) >= 11 is 5.90. The van der Waals surface area contributed by atoms with E-state index in [2.05, 4.69) is 5.32 Å². The lowest BCUT2D eigenvalue weighted by atomic mass is 10.0. The highest BCUT2D eigenvalue weighted by Gasteiger charge is 2.16. The van der Waals surface area contributed by atoms with Crippen LogP contribution in [0.5, 0.6) is 0 Å². The molecule has 3 rings (SSSR count). The van der Waals surface area contributed by atoms with Crippen LogP contribution < -0.4 is 5.32 Å². The fourth-order valence-corrected chi connectivity index (χ4v) is 2.71. The lowest BCUT2D eigenvalue weighted by Gasteiger charge is -2.13. The number of ether oxygens (including phenoxy) is 1. The Morgan fingerprint density at radius 1 is 1.15 bits per heavy atom. The van der Waals surface area contributed by atoms with Crippen LogP contribution in [-0.4, -0.2) is 25.0 Å². The Bertz CT molecular complexity index is 920. The van der Waals surface area contributed by atoms with Gasteiger partial charge in [-0.3, -0.25) is 4.79 Å². The maximum atomic E-state index is 12.0. The van der Waals surface area contributed by atoms with Gasteiger partial charge in [-0.25, -0.2) is 4.79 Å². The summed E-state index contributed by atoms with van der Waals surface area (Å²) in [6, 6.07) is 16.4. The van der Waals surface area contributed by atoms with Crippen LogP contribution in [0.3, 0.4) is 0 Å². The molecule has 134 valence electrons. The standard InChI is InChI=1S/C20H18ClNO4/c1-13(14-5-3-2-4-6-14)11-22-19(23)12-25-20(24)18-10-15-9-16(21)7-8-17(15)26-18/h2-10,13H,11-12H2,1H3,(H,22,23)/t13-/m0/s1. The van der Waals surface area contributed by atoms with E-state index >= 15 is 0 Å². The van der Waals surface area contributed by atoms with Crippen LogP contribution in [0.1, 0.15) is 29.0 Å². The predicted molar refractivity (Wildman–Crippen MR) is 99.4 cm³/mol. The van der Waals surface area contributed by atoms with E-state index < -0.39 is 5.97 Å². The molecule has 0 spiro atoms. The number of carbonyl (C=O) groups excluding carboxylic acids is 2. The van der Waals surface area contributed by atoms with Crippen molar-refractivity contribution in [2.24, 2.45) is 0 Å². The summed E-state index contributed by atoms with van der Waals surface area (Å²) in [6.07, 6.45) is 0. The molecule has 0 radical (unpaired) electrons. The third-order valence-electron chi connectivity index (χ3n) is 3.99. The summed E-state index contributed by atoms with van der Waals surface area (Å²) in [5, 5.41) is 4.00. The molecule has 26 heavy (non-hydrogen) atoms. The summed E-state index contributed by atoms with van der Waals surface area (Å²) in [6.45, 7) is 2.11. The number of halogens is 1. The van der Waals surface area contributed by atoms with Crippen LogP contribution in [0.15, 0.2) is 59.0 Å². The zero-order valence-electron chi connectivity index (χ0n) is 14.2. The number of hydrogen-bond acceptors (Lipinski definition) is 4. The molecule has 0 aliphatic carbocycles. The Morgan fingerprint density at radius 2 is 1.92 bits per heavy atom. The molecule has 3 aromatic rings. The van der Waals surface area contributed by atoms with Gasteiger partial charge in [0.1, 0.15) is 5.58 Å². The maximum absolute atomic E-state index is 12.0. The molecule has 0 aliphatic heterocycles. The minimum absolute atomic E-state index is 0.0349. The van der Waals surface area contributed by atoms with Crippen LogP contribution >= 0.6 is 11.6 Å².